The Labute approximate surface area is 163 Å². The first kappa shape index (κ1) is 18.7. The van der Waals surface area contributed by atoms with Crippen LogP contribution in [-0.2, 0) is 14.8 Å². The summed E-state index contributed by atoms with van der Waals surface area (Å²) >= 11 is 6.95. The number of carbonyl (C=O) groups is 1. The molecule has 2 saturated carbocycles. The van der Waals surface area contributed by atoms with E-state index < -0.39 is 10.0 Å². The van der Waals surface area contributed by atoms with Crippen molar-refractivity contribution in [3.63, 3.8) is 0 Å². The van der Waals surface area contributed by atoms with Crippen LogP contribution in [0, 0.1) is 11.8 Å². The van der Waals surface area contributed by atoms with Crippen molar-refractivity contribution in [1.29, 1.82) is 0 Å². The van der Waals surface area contributed by atoms with E-state index in [9.17, 15) is 13.2 Å². The van der Waals surface area contributed by atoms with Gasteiger partial charge in [0.1, 0.15) is 4.21 Å². The number of hydrogen-bond acceptors (Lipinski definition) is 5. The van der Waals surface area contributed by atoms with Crippen molar-refractivity contribution < 1.29 is 13.2 Å². The highest BCUT2D eigenvalue weighted by Crippen LogP contribution is 2.44. The molecule has 3 fully saturated rings. The minimum Gasteiger partial charge on any atom is -0.352 e. The molecule has 1 amide bonds. The van der Waals surface area contributed by atoms with E-state index in [1.807, 2.05) is 4.90 Å². The zero-order chi connectivity index (χ0) is 18.3. The molecule has 0 bridgehead atoms. The maximum atomic E-state index is 12.6. The highest BCUT2D eigenvalue weighted by molar-refractivity contribution is 7.91. The second-order valence-corrected chi connectivity index (χ2v) is 11.4. The summed E-state index contributed by atoms with van der Waals surface area (Å²) in [4.78, 5) is 14.4. The van der Waals surface area contributed by atoms with Gasteiger partial charge in [-0.05, 0) is 49.7 Å². The fourth-order valence-electron chi connectivity index (χ4n) is 3.66. The number of thiophene rings is 1. The van der Waals surface area contributed by atoms with Gasteiger partial charge >= 0.3 is 0 Å². The molecule has 6 nitrogen and oxygen atoms in total. The Balaban J connectivity index is 1.27. The molecule has 1 aromatic rings. The molecule has 0 radical (unpaired) electrons. The van der Waals surface area contributed by atoms with Crippen LogP contribution in [-0.4, -0.2) is 62.3 Å². The van der Waals surface area contributed by atoms with Crippen molar-refractivity contribution in [1.82, 2.24) is 14.5 Å². The molecule has 1 N–H and O–H groups in total. The SMILES string of the molecule is O=C(CN1CCN(S(=O)(=O)c2ccc(Cl)s2)CC1)NC(C1CC1)C1CC1. The lowest BCUT2D eigenvalue weighted by Crippen LogP contribution is -2.52. The summed E-state index contributed by atoms with van der Waals surface area (Å²) in [6, 6.07) is 3.53. The number of nitrogens with one attached hydrogen (secondary N) is 1. The van der Waals surface area contributed by atoms with Gasteiger partial charge in [-0.25, -0.2) is 8.42 Å². The van der Waals surface area contributed by atoms with E-state index >= 15 is 0 Å². The fourth-order valence-corrected chi connectivity index (χ4v) is 6.72. The Bertz CT molecular complexity index is 754. The standard InChI is InChI=1S/C17H24ClN3O3S2/c18-14-5-6-16(25-14)26(23,24)21-9-7-20(8-10-21)11-15(22)19-17(12-1-2-12)13-3-4-13/h5-6,12-13,17H,1-4,7-11H2,(H,19,22). The molecule has 0 spiro atoms. The van der Waals surface area contributed by atoms with Crippen LogP contribution in [0.3, 0.4) is 0 Å². The quantitative estimate of drug-likeness (QED) is 0.736. The second kappa shape index (κ2) is 7.39. The van der Waals surface area contributed by atoms with Crippen LogP contribution in [0.2, 0.25) is 4.34 Å². The minimum absolute atomic E-state index is 0.0788. The molecule has 2 aliphatic carbocycles. The maximum Gasteiger partial charge on any atom is 0.252 e. The molecule has 1 saturated heterocycles. The monoisotopic (exact) mass is 417 g/mol. The lowest BCUT2D eigenvalue weighted by atomic mass is 10.1. The van der Waals surface area contributed by atoms with Crippen molar-refractivity contribution in [2.24, 2.45) is 11.8 Å². The average Bonchev–Trinajstić information content (AvgIpc) is 3.52. The fraction of sp³-hybridized carbons (Fsp3) is 0.706. The summed E-state index contributed by atoms with van der Waals surface area (Å²) in [5.74, 6) is 1.45. The van der Waals surface area contributed by atoms with E-state index in [-0.39, 0.29) is 10.1 Å². The number of hydrogen-bond donors (Lipinski definition) is 1. The van der Waals surface area contributed by atoms with Gasteiger partial charge in [-0.2, -0.15) is 4.31 Å². The van der Waals surface area contributed by atoms with Crippen LogP contribution in [0.1, 0.15) is 25.7 Å². The molecule has 0 aromatic carbocycles. The predicted molar refractivity (Wildman–Crippen MR) is 102 cm³/mol. The Morgan fingerprint density at radius 2 is 1.77 bits per heavy atom. The molecular formula is C17H24ClN3O3S2. The van der Waals surface area contributed by atoms with Crippen molar-refractivity contribution in [2.45, 2.75) is 35.9 Å². The Hall–Kier alpha value is -0.670. The summed E-state index contributed by atoms with van der Waals surface area (Å²) < 4.78 is 27.5. The van der Waals surface area contributed by atoms with Crippen LogP contribution in [0.15, 0.2) is 16.3 Å². The summed E-state index contributed by atoms with van der Waals surface area (Å²) in [5.41, 5.74) is 0. The first-order valence-electron chi connectivity index (χ1n) is 9.21. The van der Waals surface area contributed by atoms with Crippen molar-refractivity contribution in [2.75, 3.05) is 32.7 Å². The topological polar surface area (TPSA) is 69.7 Å². The lowest BCUT2D eigenvalue weighted by Gasteiger charge is -2.33. The van der Waals surface area contributed by atoms with E-state index in [2.05, 4.69) is 5.32 Å². The van der Waals surface area contributed by atoms with E-state index in [0.29, 0.717) is 54.9 Å². The van der Waals surface area contributed by atoms with Gasteiger partial charge in [0, 0.05) is 32.2 Å². The van der Waals surface area contributed by atoms with Gasteiger partial charge in [-0.3, -0.25) is 9.69 Å². The molecule has 0 atom stereocenters. The average molecular weight is 418 g/mol. The third-order valence-corrected chi connectivity index (χ3v) is 9.03. The molecule has 0 unspecified atom stereocenters. The maximum absolute atomic E-state index is 12.6. The number of carbonyl (C=O) groups excluding carboxylic acids is 1. The number of halogens is 1. The Morgan fingerprint density at radius 3 is 2.27 bits per heavy atom. The number of piperazine rings is 1. The molecule has 4 rings (SSSR count). The largest absolute Gasteiger partial charge is 0.352 e. The smallest absolute Gasteiger partial charge is 0.252 e. The lowest BCUT2D eigenvalue weighted by molar-refractivity contribution is -0.123. The zero-order valence-electron chi connectivity index (χ0n) is 14.6. The van der Waals surface area contributed by atoms with Crippen molar-refractivity contribution in [3.8, 4) is 0 Å². The first-order valence-corrected chi connectivity index (χ1v) is 11.8. The number of sulfonamides is 1. The van der Waals surface area contributed by atoms with Crippen molar-refractivity contribution >= 4 is 38.9 Å². The zero-order valence-corrected chi connectivity index (χ0v) is 17.0. The summed E-state index contributed by atoms with van der Waals surface area (Å²) in [5, 5.41) is 3.23. The Kier molecular flexibility index (Phi) is 5.31. The molecular weight excluding hydrogens is 394 g/mol. The van der Waals surface area contributed by atoms with E-state index in [0.717, 1.165) is 11.3 Å². The third kappa shape index (κ3) is 4.25. The predicted octanol–water partition coefficient (Wildman–Crippen LogP) is 2.01. The highest BCUT2D eigenvalue weighted by Gasteiger charge is 2.42. The van der Waals surface area contributed by atoms with Crippen LogP contribution < -0.4 is 5.32 Å². The summed E-state index contributed by atoms with van der Waals surface area (Å²) in [7, 11) is -3.48. The molecule has 1 aliphatic heterocycles. The molecule has 144 valence electrons. The molecule has 26 heavy (non-hydrogen) atoms. The first-order chi connectivity index (χ1) is 12.4. The molecule has 3 aliphatic rings. The Morgan fingerprint density at radius 1 is 1.15 bits per heavy atom. The molecule has 9 heteroatoms. The van der Waals surface area contributed by atoms with E-state index in [4.69, 9.17) is 11.6 Å². The highest BCUT2D eigenvalue weighted by atomic mass is 35.5. The van der Waals surface area contributed by atoms with Gasteiger partial charge in [0.2, 0.25) is 5.91 Å². The van der Waals surface area contributed by atoms with Crippen LogP contribution >= 0.6 is 22.9 Å². The number of amides is 1. The second-order valence-electron chi connectivity index (χ2n) is 7.51. The van der Waals surface area contributed by atoms with Crippen LogP contribution in [0.25, 0.3) is 0 Å². The van der Waals surface area contributed by atoms with Crippen molar-refractivity contribution in [3.05, 3.63) is 16.5 Å². The summed E-state index contributed by atoms with van der Waals surface area (Å²) in [6.45, 7) is 2.31. The molecule has 2 heterocycles. The van der Waals surface area contributed by atoms with Gasteiger partial charge in [0.05, 0.1) is 10.9 Å². The van der Waals surface area contributed by atoms with Crippen LogP contribution in [0.5, 0.6) is 0 Å². The van der Waals surface area contributed by atoms with Gasteiger partial charge < -0.3 is 5.32 Å². The summed E-state index contributed by atoms with van der Waals surface area (Å²) in [6.07, 6.45) is 4.96. The van der Waals surface area contributed by atoms with E-state index in [1.165, 1.54) is 30.0 Å². The third-order valence-electron chi connectivity index (χ3n) is 5.43. The van der Waals surface area contributed by atoms with Gasteiger partial charge in [-0.15, -0.1) is 11.3 Å². The van der Waals surface area contributed by atoms with E-state index in [1.54, 1.807) is 12.1 Å². The van der Waals surface area contributed by atoms with Gasteiger partial charge in [0.25, 0.3) is 10.0 Å². The number of nitrogens with zero attached hydrogens (tertiary/aromatic N) is 2. The van der Waals surface area contributed by atoms with Gasteiger partial charge in [-0.1, -0.05) is 11.6 Å². The molecule has 1 aromatic heterocycles. The normalized spacial score (nSPS) is 22.7. The minimum atomic E-state index is -3.48. The number of rotatable bonds is 7. The van der Waals surface area contributed by atoms with Crippen LogP contribution in [0.4, 0.5) is 0 Å². The van der Waals surface area contributed by atoms with Gasteiger partial charge in [0.15, 0.2) is 0 Å².